The number of carbonyl (C=O) groups is 1. The van der Waals surface area contributed by atoms with E-state index in [2.05, 4.69) is 15.5 Å². The minimum Gasteiger partial charge on any atom is -0.494 e. The van der Waals surface area contributed by atoms with Crippen molar-refractivity contribution in [1.29, 1.82) is 0 Å². The third-order valence-electron chi connectivity index (χ3n) is 3.41. The molecule has 0 aliphatic rings. The molecule has 3 aromatic rings. The fourth-order valence-electron chi connectivity index (χ4n) is 2.16. The van der Waals surface area contributed by atoms with Gasteiger partial charge in [-0.2, -0.15) is 4.68 Å². The molecule has 3 rings (SSSR count). The van der Waals surface area contributed by atoms with Crippen LogP contribution in [0.2, 0.25) is 10.0 Å². The standard InChI is InChI=1S/C17H14Cl2N4O2S/c1-2-25-13-6-4-12(5-7-13)23-17(20-21-22-23)26-10-16(24)11-3-8-14(18)15(19)9-11/h3-9H,2,10H2,1H3. The second-order valence-corrected chi connectivity index (χ2v) is 6.90. The predicted molar refractivity (Wildman–Crippen MR) is 102 cm³/mol. The molecule has 0 radical (unpaired) electrons. The molecule has 134 valence electrons. The summed E-state index contributed by atoms with van der Waals surface area (Å²) < 4.78 is 7.00. The van der Waals surface area contributed by atoms with Crippen LogP contribution in [0.1, 0.15) is 17.3 Å². The molecular formula is C17H14Cl2N4O2S. The minimum atomic E-state index is -0.0881. The van der Waals surface area contributed by atoms with E-state index in [-0.39, 0.29) is 11.5 Å². The first-order valence-corrected chi connectivity index (χ1v) is 9.45. The lowest BCUT2D eigenvalue weighted by Crippen LogP contribution is -2.05. The van der Waals surface area contributed by atoms with Crippen molar-refractivity contribution in [2.75, 3.05) is 12.4 Å². The first-order chi connectivity index (χ1) is 12.6. The maximum absolute atomic E-state index is 12.4. The smallest absolute Gasteiger partial charge is 0.214 e. The Morgan fingerprint density at radius 2 is 1.92 bits per heavy atom. The van der Waals surface area contributed by atoms with Crippen molar-refractivity contribution >= 4 is 40.7 Å². The summed E-state index contributed by atoms with van der Waals surface area (Å²) in [7, 11) is 0. The highest BCUT2D eigenvalue weighted by Crippen LogP contribution is 2.25. The van der Waals surface area contributed by atoms with E-state index in [0.29, 0.717) is 27.4 Å². The van der Waals surface area contributed by atoms with Gasteiger partial charge >= 0.3 is 0 Å². The summed E-state index contributed by atoms with van der Waals surface area (Å²) in [6.07, 6.45) is 0. The molecule has 0 spiro atoms. The molecule has 0 saturated heterocycles. The van der Waals surface area contributed by atoms with Gasteiger partial charge in [-0.25, -0.2) is 0 Å². The Bertz CT molecular complexity index is 915. The number of halogens is 2. The Morgan fingerprint density at radius 1 is 1.15 bits per heavy atom. The number of ketones is 1. The topological polar surface area (TPSA) is 69.9 Å². The van der Waals surface area contributed by atoms with Gasteiger partial charge in [0.25, 0.3) is 0 Å². The molecule has 0 bridgehead atoms. The molecule has 0 fully saturated rings. The number of thioether (sulfide) groups is 1. The van der Waals surface area contributed by atoms with Crippen LogP contribution >= 0.6 is 35.0 Å². The molecule has 0 N–H and O–H groups in total. The average molecular weight is 409 g/mol. The van der Waals surface area contributed by atoms with Crippen LogP contribution in [-0.2, 0) is 0 Å². The van der Waals surface area contributed by atoms with E-state index in [1.54, 1.807) is 22.9 Å². The van der Waals surface area contributed by atoms with E-state index in [1.807, 2.05) is 31.2 Å². The summed E-state index contributed by atoms with van der Waals surface area (Å²) in [5.74, 6) is 0.859. The first-order valence-electron chi connectivity index (χ1n) is 7.71. The SMILES string of the molecule is CCOc1ccc(-n2nnnc2SCC(=O)c2ccc(Cl)c(Cl)c2)cc1. The van der Waals surface area contributed by atoms with Gasteiger partial charge in [0.2, 0.25) is 5.16 Å². The zero-order chi connectivity index (χ0) is 18.5. The van der Waals surface area contributed by atoms with Crippen LogP contribution in [-0.4, -0.2) is 38.4 Å². The summed E-state index contributed by atoms with van der Waals surface area (Å²) in [4.78, 5) is 12.4. The van der Waals surface area contributed by atoms with Gasteiger partial charge in [0.1, 0.15) is 5.75 Å². The number of ether oxygens (including phenoxy) is 1. The molecule has 0 atom stereocenters. The number of aromatic nitrogens is 4. The lowest BCUT2D eigenvalue weighted by Gasteiger charge is -2.06. The Labute approximate surface area is 164 Å². The van der Waals surface area contributed by atoms with Crippen molar-refractivity contribution in [2.45, 2.75) is 12.1 Å². The fourth-order valence-corrected chi connectivity index (χ4v) is 3.25. The molecule has 6 nitrogen and oxygen atoms in total. The second-order valence-electron chi connectivity index (χ2n) is 5.14. The van der Waals surface area contributed by atoms with Gasteiger partial charge in [0, 0.05) is 5.56 Å². The summed E-state index contributed by atoms with van der Waals surface area (Å²) in [6.45, 7) is 2.52. The highest BCUT2D eigenvalue weighted by Gasteiger charge is 2.14. The molecule has 0 aliphatic heterocycles. The lowest BCUT2D eigenvalue weighted by atomic mass is 10.1. The number of hydrogen-bond donors (Lipinski definition) is 0. The largest absolute Gasteiger partial charge is 0.494 e. The molecule has 0 unspecified atom stereocenters. The number of benzene rings is 2. The van der Waals surface area contributed by atoms with E-state index in [9.17, 15) is 4.79 Å². The van der Waals surface area contributed by atoms with Gasteiger partial charge in [-0.3, -0.25) is 4.79 Å². The normalized spacial score (nSPS) is 10.7. The van der Waals surface area contributed by atoms with Crippen molar-refractivity contribution in [3.63, 3.8) is 0 Å². The maximum Gasteiger partial charge on any atom is 0.214 e. The average Bonchev–Trinajstić information content (AvgIpc) is 3.11. The summed E-state index contributed by atoms with van der Waals surface area (Å²) >= 11 is 13.1. The number of nitrogens with zero attached hydrogens (tertiary/aromatic N) is 4. The molecule has 2 aromatic carbocycles. The second kappa shape index (κ2) is 8.53. The van der Waals surface area contributed by atoms with Crippen molar-refractivity contribution in [3.8, 4) is 11.4 Å². The van der Waals surface area contributed by atoms with Crippen molar-refractivity contribution in [1.82, 2.24) is 20.2 Å². The first kappa shape index (κ1) is 18.7. The molecule has 0 saturated carbocycles. The molecular weight excluding hydrogens is 395 g/mol. The number of carbonyl (C=O) groups excluding carboxylic acids is 1. The third-order valence-corrected chi connectivity index (χ3v) is 5.07. The maximum atomic E-state index is 12.4. The van der Waals surface area contributed by atoms with Gasteiger partial charge in [-0.05, 0) is 59.8 Å². The highest BCUT2D eigenvalue weighted by molar-refractivity contribution is 7.99. The van der Waals surface area contributed by atoms with Gasteiger partial charge in [0.05, 0.1) is 28.1 Å². The Hall–Kier alpha value is -2.09. The number of tetrazole rings is 1. The van der Waals surface area contributed by atoms with E-state index in [4.69, 9.17) is 27.9 Å². The molecule has 26 heavy (non-hydrogen) atoms. The number of Topliss-reactive ketones (excluding diaryl/α,β-unsaturated/α-hetero) is 1. The van der Waals surface area contributed by atoms with Crippen LogP contribution in [0.4, 0.5) is 0 Å². The molecule has 0 aliphatic carbocycles. The Balaban J connectivity index is 1.70. The van der Waals surface area contributed by atoms with Gasteiger partial charge in [-0.1, -0.05) is 35.0 Å². The Kier molecular flexibility index (Phi) is 6.13. The van der Waals surface area contributed by atoms with Crippen LogP contribution in [0, 0.1) is 0 Å². The zero-order valence-corrected chi connectivity index (χ0v) is 16.1. The number of hydrogen-bond acceptors (Lipinski definition) is 6. The van der Waals surface area contributed by atoms with Crippen LogP contribution in [0.3, 0.4) is 0 Å². The van der Waals surface area contributed by atoms with Crippen molar-refractivity contribution < 1.29 is 9.53 Å². The fraction of sp³-hybridized carbons (Fsp3) is 0.176. The van der Waals surface area contributed by atoms with E-state index >= 15 is 0 Å². The van der Waals surface area contributed by atoms with E-state index < -0.39 is 0 Å². The number of rotatable bonds is 7. The Morgan fingerprint density at radius 3 is 2.62 bits per heavy atom. The summed E-state index contributed by atoms with van der Waals surface area (Å²) in [6, 6.07) is 12.2. The third kappa shape index (κ3) is 4.35. The van der Waals surface area contributed by atoms with Gasteiger partial charge < -0.3 is 4.74 Å². The molecule has 9 heteroatoms. The van der Waals surface area contributed by atoms with Crippen LogP contribution < -0.4 is 4.74 Å². The molecule has 1 aromatic heterocycles. The molecule has 1 heterocycles. The quantitative estimate of drug-likeness (QED) is 0.427. The van der Waals surface area contributed by atoms with Crippen LogP contribution in [0.25, 0.3) is 5.69 Å². The lowest BCUT2D eigenvalue weighted by molar-refractivity contribution is 0.102. The minimum absolute atomic E-state index is 0.0881. The highest BCUT2D eigenvalue weighted by atomic mass is 35.5. The van der Waals surface area contributed by atoms with Crippen LogP contribution in [0.5, 0.6) is 5.75 Å². The monoisotopic (exact) mass is 408 g/mol. The van der Waals surface area contributed by atoms with Crippen LogP contribution in [0.15, 0.2) is 47.6 Å². The summed E-state index contributed by atoms with van der Waals surface area (Å²) in [5, 5.41) is 12.9. The van der Waals surface area contributed by atoms with Crippen molar-refractivity contribution in [2.24, 2.45) is 0 Å². The van der Waals surface area contributed by atoms with Crippen molar-refractivity contribution in [3.05, 3.63) is 58.1 Å². The van der Waals surface area contributed by atoms with Gasteiger partial charge in [0.15, 0.2) is 5.78 Å². The predicted octanol–water partition coefficient (Wildman–Crippen LogP) is 4.34. The van der Waals surface area contributed by atoms with E-state index in [0.717, 1.165) is 11.4 Å². The molecule has 0 amide bonds. The zero-order valence-electron chi connectivity index (χ0n) is 13.7. The summed E-state index contributed by atoms with van der Waals surface area (Å²) in [5.41, 5.74) is 1.27. The van der Waals surface area contributed by atoms with E-state index in [1.165, 1.54) is 11.8 Å². The van der Waals surface area contributed by atoms with Gasteiger partial charge in [-0.15, -0.1) is 5.10 Å².